The van der Waals surface area contributed by atoms with Gasteiger partial charge in [-0.05, 0) is 6.42 Å². The third-order valence-electron chi connectivity index (χ3n) is 3.88. The number of ether oxygens (including phenoxy) is 1. The van der Waals surface area contributed by atoms with Crippen molar-refractivity contribution in [3.05, 3.63) is 0 Å². The zero-order chi connectivity index (χ0) is 15.6. The van der Waals surface area contributed by atoms with Crippen LogP contribution in [0.2, 0.25) is 0 Å². The van der Waals surface area contributed by atoms with E-state index in [0.717, 1.165) is 19.7 Å². The molecule has 1 fully saturated rings. The first kappa shape index (κ1) is 21.2. The average molecular weight is 335 g/mol. The Morgan fingerprint density at radius 1 is 0.952 bits per heavy atom. The van der Waals surface area contributed by atoms with Gasteiger partial charge >= 0.3 is 25.7 Å². The summed E-state index contributed by atoms with van der Waals surface area (Å²) >= 11 is -2.00. The first-order valence-electron chi connectivity index (χ1n) is 8.66. The third kappa shape index (κ3) is 16.4. The van der Waals surface area contributed by atoms with Gasteiger partial charge < -0.3 is 10.1 Å². The first-order chi connectivity index (χ1) is 10.3. The van der Waals surface area contributed by atoms with Gasteiger partial charge in [-0.15, -0.1) is 0 Å². The molecule has 1 aliphatic rings. The average Bonchev–Trinajstić information content (AvgIpc) is 2.51. The number of nitrogens with one attached hydrogen (secondary N) is 1. The zero-order valence-corrected chi connectivity index (χ0v) is 15.3. The fourth-order valence-corrected chi connectivity index (χ4v) is 2.66. The van der Waals surface area contributed by atoms with Crippen LogP contribution < -0.4 is 5.32 Å². The van der Waals surface area contributed by atoms with Crippen LogP contribution in [0.3, 0.4) is 0 Å². The fraction of sp³-hybridized carbons (Fsp3) is 1.00. The van der Waals surface area contributed by atoms with Crippen LogP contribution in [0.5, 0.6) is 0 Å². The van der Waals surface area contributed by atoms with E-state index < -0.39 is 19.1 Å². The van der Waals surface area contributed by atoms with Crippen molar-refractivity contribution >= 4 is 0 Å². The first-order valence-corrected chi connectivity index (χ1v) is 9.94. The number of hydrogen-bond donors (Lipinski definition) is 1. The summed E-state index contributed by atoms with van der Waals surface area (Å²) in [6, 6.07) is 0. The standard InChI is InChI=1S/C16H33NO.2O.Ti/c1-2-3-4-5-6-7-8-9-10-11-12-16-15-17-13-14-18-16;;;/h16-17H,2-15H2,1H3;;;. The fourth-order valence-electron chi connectivity index (χ4n) is 2.66. The van der Waals surface area contributed by atoms with Crippen molar-refractivity contribution in [3.8, 4) is 0 Å². The van der Waals surface area contributed by atoms with E-state index >= 15 is 0 Å². The van der Waals surface area contributed by atoms with Gasteiger partial charge in [0.2, 0.25) is 0 Å². The van der Waals surface area contributed by atoms with Crippen LogP contribution in [0.1, 0.15) is 77.6 Å². The molecule has 1 atom stereocenters. The molecular formula is C16H33NO3Ti. The van der Waals surface area contributed by atoms with Crippen LogP contribution in [-0.4, -0.2) is 25.8 Å². The van der Waals surface area contributed by atoms with Gasteiger partial charge in [-0.25, -0.2) is 0 Å². The monoisotopic (exact) mass is 335 g/mol. The predicted molar refractivity (Wildman–Crippen MR) is 80.4 cm³/mol. The number of unbranched alkanes of at least 4 members (excludes halogenated alkanes) is 9. The van der Waals surface area contributed by atoms with Gasteiger partial charge in [-0.2, -0.15) is 0 Å². The zero-order valence-electron chi connectivity index (χ0n) is 13.7. The van der Waals surface area contributed by atoms with E-state index in [1.165, 1.54) is 70.6 Å². The quantitative estimate of drug-likeness (QED) is 0.457. The second-order valence-corrected chi connectivity index (χ2v) is 6.01. The molecule has 1 N–H and O–H groups in total. The van der Waals surface area contributed by atoms with E-state index in [-0.39, 0.29) is 0 Å². The second kappa shape index (κ2) is 18.3. The molecule has 0 radical (unpaired) electrons. The van der Waals surface area contributed by atoms with Gasteiger partial charge in [0.05, 0.1) is 12.7 Å². The van der Waals surface area contributed by atoms with Crippen molar-refractivity contribution < 1.29 is 30.5 Å². The van der Waals surface area contributed by atoms with Gasteiger partial charge in [0.25, 0.3) is 0 Å². The summed E-state index contributed by atoms with van der Waals surface area (Å²) in [4.78, 5) is 0. The Balaban J connectivity index is 0.00000122. The molecule has 0 aliphatic carbocycles. The van der Waals surface area contributed by atoms with Gasteiger partial charge in [0.15, 0.2) is 0 Å². The Bertz CT molecular complexity index is 240. The Morgan fingerprint density at radius 3 is 1.95 bits per heavy atom. The minimum atomic E-state index is -2.00. The molecule has 4 nitrogen and oxygen atoms in total. The molecule has 21 heavy (non-hydrogen) atoms. The summed E-state index contributed by atoms with van der Waals surface area (Å²) in [5.41, 5.74) is 0. The van der Waals surface area contributed by atoms with Crippen LogP contribution >= 0.6 is 0 Å². The molecule has 5 heteroatoms. The number of hydrogen-bond acceptors (Lipinski definition) is 4. The van der Waals surface area contributed by atoms with Crippen LogP contribution in [-0.2, 0) is 30.5 Å². The molecule has 124 valence electrons. The summed E-state index contributed by atoms with van der Waals surface area (Å²) in [5, 5.41) is 3.40. The van der Waals surface area contributed by atoms with E-state index in [1.807, 2.05) is 0 Å². The predicted octanol–water partition coefficient (Wildman–Crippen LogP) is 4.05. The molecule has 0 amide bonds. The molecule has 0 spiro atoms. The molecule has 0 aromatic heterocycles. The van der Waals surface area contributed by atoms with Crippen LogP contribution in [0, 0.1) is 0 Å². The molecule has 0 bridgehead atoms. The maximum atomic E-state index is 8.50. The van der Waals surface area contributed by atoms with Crippen molar-refractivity contribution in [2.24, 2.45) is 0 Å². The maximum absolute atomic E-state index is 8.50. The topological polar surface area (TPSA) is 55.4 Å². The normalized spacial score (nSPS) is 17.7. The van der Waals surface area contributed by atoms with E-state index in [2.05, 4.69) is 12.2 Å². The SMILES string of the molecule is CCCCCCCCCCCCC1CNCCO1.[O]=[Ti]=[O]. The Kier molecular flexibility index (Phi) is 18.5. The van der Waals surface area contributed by atoms with E-state index in [0.29, 0.717) is 6.10 Å². The van der Waals surface area contributed by atoms with Crippen LogP contribution in [0.4, 0.5) is 0 Å². The molecule has 0 saturated carbocycles. The van der Waals surface area contributed by atoms with Crippen molar-refractivity contribution in [2.75, 3.05) is 19.7 Å². The summed E-state index contributed by atoms with van der Waals surface area (Å²) < 4.78 is 22.7. The molecular weight excluding hydrogens is 302 g/mol. The van der Waals surface area contributed by atoms with E-state index in [1.54, 1.807) is 0 Å². The molecule has 1 unspecified atom stereocenters. The van der Waals surface area contributed by atoms with Gasteiger partial charge in [-0.3, -0.25) is 0 Å². The number of morpholine rings is 1. The molecule has 0 aromatic rings. The summed E-state index contributed by atoms with van der Waals surface area (Å²) in [6.07, 6.45) is 15.9. The van der Waals surface area contributed by atoms with Crippen molar-refractivity contribution in [2.45, 2.75) is 83.7 Å². The van der Waals surface area contributed by atoms with Gasteiger partial charge in [0, 0.05) is 13.1 Å². The van der Waals surface area contributed by atoms with E-state index in [9.17, 15) is 0 Å². The summed E-state index contributed by atoms with van der Waals surface area (Å²) in [5.74, 6) is 0. The van der Waals surface area contributed by atoms with Gasteiger partial charge in [0.1, 0.15) is 0 Å². The molecule has 0 aromatic carbocycles. The minimum absolute atomic E-state index is 0.493. The third-order valence-corrected chi connectivity index (χ3v) is 3.88. The van der Waals surface area contributed by atoms with Crippen molar-refractivity contribution in [1.82, 2.24) is 5.32 Å². The van der Waals surface area contributed by atoms with Gasteiger partial charge in [-0.1, -0.05) is 71.1 Å². The Hall–Kier alpha value is 0.234. The Labute approximate surface area is 139 Å². The molecule has 1 aliphatic heterocycles. The molecule has 1 heterocycles. The van der Waals surface area contributed by atoms with Crippen LogP contribution in [0.25, 0.3) is 0 Å². The number of rotatable bonds is 11. The molecule has 1 rings (SSSR count). The van der Waals surface area contributed by atoms with Crippen molar-refractivity contribution in [1.29, 1.82) is 0 Å². The van der Waals surface area contributed by atoms with Crippen LogP contribution in [0.15, 0.2) is 0 Å². The summed E-state index contributed by atoms with van der Waals surface area (Å²) in [7, 11) is 0. The van der Waals surface area contributed by atoms with E-state index in [4.69, 9.17) is 11.4 Å². The molecule has 1 saturated heterocycles. The second-order valence-electron chi connectivity index (χ2n) is 5.75. The summed E-state index contributed by atoms with van der Waals surface area (Å²) in [6.45, 7) is 5.29. The van der Waals surface area contributed by atoms with Crippen molar-refractivity contribution in [3.63, 3.8) is 0 Å². The Morgan fingerprint density at radius 2 is 1.48 bits per heavy atom.